The van der Waals surface area contributed by atoms with Gasteiger partial charge in [0.05, 0.1) is 3.41 Å². The molecule has 0 aliphatic rings. The summed E-state index contributed by atoms with van der Waals surface area (Å²) in [6.07, 6.45) is 25.1. The first-order valence-electron chi connectivity index (χ1n) is 10.2. The highest BCUT2D eigenvalue weighted by Gasteiger charge is 2.12. The Balaban J connectivity index is 3.00. The van der Waals surface area contributed by atoms with Crippen LogP contribution >= 0.6 is 37.9 Å². The Labute approximate surface area is 163 Å². The Morgan fingerprint density at radius 3 is 0.957 bits per heavy atom. The lowest BCUT2D eigenvalue weighted by Gasteiger charge is -2.14. The van der Waals surface area contributed by atoms with Crippen LogP contribution in [-0.2, 0) is 0 Å². The second-order valence-corrected chi connectivity index (χ2v) is 10.5. The van der Waals surface area contributed by atoms with Gasteiger partial charge in [0.15, 0.2) is 0 Å². The lowest BCUT2D eigenvalue weighted by molar-refractivity contribution is 0.526. The molecule has 0 nitrogen and oxygen atoms in total. The van der Waals surface area contributed by atoms with Crippen LogP contribution in [0, 0.1) is 0 Å². The molecule has 0 aromatic heterocycles. The summed E-state index contributed by atoms with van der Waals surface area (Å²) in [5.41, 5.74) is 0. The molecule has 0 spiro atoms. The zero-order valence-corrected chi connectivity index (χ0v) is 18.3. The lowest BCUT2D eigenvalue weighted by atomic mass is 10.0. The van der Waals surface area contributed by atoms with E-state index in [-0.39, 0.29) is 3.41 Å². The minimum Gasteiger partial charge on any atom is -0.151 e. The third kappa shape index (κ3) is 23.1. The molecule has 0 aliphatic carbocycles. The molecule has 3 heteroatoms. The Hall–Kier alpha value is 1.05. The molecule has 0 aromatic carbocycles. The minimum absolute atomic E-state index is 0.379. The van der Waals surface area contributed by atoms with Gasteiger partial charge in [-0.1, -0.05) is 116 Å². The monoisotopic (exact) mass is 378 g/mol. The maximum absolute atomic E-state index is 4.31. The normalized spacial score (nSPS) is 12.0. The fraction of sp³-hybridized carbons (Fsp3) is 1.00. The van der Waals surface area contributed by atoms with Crippen LogP contribution in [0.1, 0.15) is 122 Å². The average Bonchev–Trinajstić information content (AvgIpc) is 2.49. The molecule has 0 saturated carbocycles. The molecule has 0 fully saturated rings. The largest absolute Gasteiger partial charge is 0.151 e. The second kappa shape index (κ2) is 17.9. The van der Waals surface area contributed by atoms with Crippen LogP contribution < -0.4 is 0 Å². The van der Waals surface area contributed by atoms with Crippen LogP contribution in [0.3, 0.4) is 0 Å². The molecule has 23 heavy (non-hydrogen) atoms. The number of rotatable bonds is 18. The lowest BCUT2D eigenvalue weighted by Crippen LogP contribution is -2.01. The molecule has 0 N–H and O–H groups in total. The summed E-state index contributed by atoms with van der Waals surface area (Å²) >= 11 is 12.9. The van der Waals surface area contributed by atoms with Crippen molar-refractivity contribution in [3.05, 3.63) is 0 Å². The Kier molecular flexibility index (Phi) is 18.7. The smallest absolute Gasteiger partial charge is 0.0980 e. The fourth-order valence-electron chi connectivity index (χ4n) is 3.09. The van der Waals surface area contributed by atoms with Crippen molar-refractivity contribution in [2.75, 3.05) is 0 Å². The highest BCUT2D eigenvalue weighted by molar-refractivity contribution is 8.16. The highest BCUT2D eigenvalue weighted by Crippen LogP contribution is 2.30. The first-order chi connectivity index (χ1) is 11.1. The Bertz CT molecular complexity index is 223. The number of thiol groups is 3. The van der Waals surface area contributed by atoms with E-state index in [4.69, 9.17) is 0 Å². The molecule has 0 unspecified atom stereocenters. The summed E-state index contributed by atoms with van der Waals surface area (Å²) in [4.78, 5) is 0. The predicted molar refractivity (Wildman–Crippen MR) is 118 cm³/mol. The van der Waals surface area contributed by atoms with Gasteiger partial charge in [-0.05, 0) is 6.42 Å². The number of hydrogen-bond donors (Lipinski definition) is 3. The van der Waals surface area contributed by atoms with E-state index in [9.17, 15) is 0 Å². The van der Waals surface area contributed by atoms with Crippen molar-refractivity contribution in [1.82, 2.24) is 0 Å². The van der Waals surface area contributed by atoms with E-state index >= 15 is 0 Å². The average molecular weight is 379 g/mol. The summed E-state index contributed by atoms with van der Waals surface area (Å²) in [5.74, 6) is 0. The number of hydrogen-bond acceptors (Lipinski definition) is 3. The standard InChI is InChI=1S/C20H42S3/c1-2-3-4-5-6-7-8-9-10-11-12-13-14-15-16-17-18-19-20(21,22)23/h21-23H,2-19H2,1H3. The van der Waals surface area contributed by atoms with Crippen molar-refractivity contribution in [3.63, 3.8) is 0 Å². The molecule has 0 radical (unpaired) electrons. The summed E-state index contributed by atoms with van der Waals surface area (Å²) in [6.45, 7) is 2.29. The van der Waals surface area contributed by atoms with Gasteiger partial charge in [0.2, 0.25) is 0 Å². The van der Waals surface area contributed by atoms with Crippen molar-refractivity contribution in [2.24, 2.45) is 0 Å². The fourth-order valence-corrected chi connectivity index (χ4v) is 3.56. The Morgan fingerprint density at radius 2 is 0.696 bits per heavy atom. The quantitative estimate of drug-likeness (QED) is 0.119. The molecule has 0 bridgehead atoms. The SMILES string of the molecule is CCCCCCCCCCCCCCCCCCCC(S)(S)S. The van der Waals surface area contributed by atoms with E-state index in [1.807, 2.05) is 0 Å². The van der Waals surface area contributed by atoms with E-state index in [1.165, 1.54) is 109 Å². The van der Waals surface area contributed by atoms with Crippen molar-refractivity contribution in [3.8, 4) is 0 Å². The minimum atomic E-state index is -0.379. The van der Waals surface area contributed by atoms with Gasteiger partial charge < -0.3 is 0 Å². The molecule has 0 amide bonds. The van der Waals surface area contributed by atoms with E-state index in [2.05, 4.69) is 44.8 Å². The summed E-state index contributed by atoms with van der Waals surface area (Å²) in [5, 5.41) is 0. The number of unbranched alkanes of at least 4 members (excludes halogenated alkanes) is 16. The van der Waals surface area contributed by atoms with Crippen molar-refractivity contribution in [2.45, 2.75) is 126 Å². The predicted octanol–water partition coefficient (Wildman–Crippen LogP) is 8.47. The van der Waals surface area contributed by atoms with Gasteiger partial charge in [0.25, 0.3) is 0 Å². The van der Waals surface area contributed by atoms with Gasteiger partial charge in [-0.3, -0.25) is 0 Å². The maximum atomic E-state index is 4.31. The highest BCUT2D eigenvalue weighted by atomic mass is 32.2. The van der Waals surface area contributed by atoms with E-state index in [0.29, 0.717) is 0 Å². The van der Waals surface area contributed by atoms with Crippen molar-refractivity contribution < 1.29 is 0 Å². The molecule has 0 aliphatic heterocycles. The van der Waals surface area contributed by atoms with Gasteiger partial charge in [-0.15, -0.1) is 0 Å². The van der Waals surface area contributed by atoms with E-state index in [1.54, 1.807) is 0 Å². The summed E-state index contributed by atoms with van der Waals surface area (Å²) in [7, 11) is 0. The van der Waals surface area contributed by atoms with Gasteiger partial charge >= 0.3 is 0 Å². The van der Waals surface area contributed by atoms with Crippen molar-refractivity contribution in [1.29, 1.82) is 0 Å². The van der Waals surface area contributed by atoms with Gasteiger partial charge in [-0.25, -0.2) is 0 Å². The summed E-state index contributed by atoms with van der Waals surface area (Å²) in [6, 6.07) is 0. The van der Waals surface area contributed by atoms with Crippen LogP contribution in [0.25, 0.3) is 0 Å². The zero-order chi connectivity index (χ0) is 17.2. The van der Waals surface area contributed by atoms with Crippen LogP contribution in [0.15, 0.2) is 0 Å². The third-order valence-corrected chi connectivity index (χ3v) is 5.29. The molecule has 0 heterocycles. The molecule has 0 rings (SSSR count). The Morgan fingerprint density at radius 1 is 0.435 bits per heavy atom. The van der Waals surface area contributed by atoms with Crippen molar-refractivity contribution >= 4 is 37.9 Å². The van der Waals surface area contributed by atoms with E-state index < -0.39 is 0 Å². The maximum Gasteiger partial charge on any atom is 0.0980 e. The first-order valence-corrected chi connectivity index (χ1v) is 11.6. The van der Waals surface area contributed by atoms with Crippen LogP contribution in [0.5, 0.6) is 0 Å². The summed E-state index contributed by atoms with van der Waals surface area (Å²) < 4.78 is -0.379. The first kappa shape index (κ1) is 24.1. The van der Waals surface area contributed by atoms with Gasteiger partial charge in [0.1, 0.15) is 0 Å². The van der Waals surface area contributed by atoms with Gasteiger partial charge in [0, 0.05) is 0 Å². The van der Waals surface area contributed by atoms with Crippen LogP contribution in [0.4, 0.5) is 0 Å². The molecular formula is C20H42S3. The zero-order valence-electron chi connectivity index (χ0n) is 15.6. The van der Waals surface area contributed by atoms with Crippen LogP contribution in [-0.4, -0.2) is 3.41 Å². The molecule has 0 aromatic rings. The van der Waals surface area contributed by atoms with Crippen LogP contribution in [0.2, 0.25) is 0 Å². The topological polar surface area (TPSA) is 0 Å². The van der Waals surface area contributed by atoms with E-state index in [0.717, 1.165) is 6.42 Å². The van der Waals surface area contributed by atoms with Gasteiger partial charge in [-0.2, -0.15) is 37.9 Å². The molecule has 0 saturated heterocycles. The molecule has 0 atom stereocenters. The molecule has 140 valence electrons. The molecular weight excluding hydrogens is 336 g/mol. The third-order valence-electron chi connectivity index (χ3n) is 4.62. The second-order valence-electron chi connectivity index (χ2n) is 7.18.